The Kier molecular flexibility index (Phi) is 6.26. The highest BCUT2D eigenvalue weighted by Gasteiger charge is 2.23. The molecule has 0 atom stereocenters. The molecule has 2 aromatic carbocycles. The summed E-state index contributed by atoms with van der Waals surface area (Å²) in [5, 5.41) is 16.0. The largest absolute Gasteiger partial charge is 0.490 e. The first kappa shape index (κ1) is 22.6. The fourth-order valence-electron chi connectivity index (χ4n) is 2.97. The van der Waals surface area contributed by atoms with Crippen molar-refractivity contribution in [1.82, 2.24) is 9.66 Å². The number of hydrogen-bond acceptors (Lipinski definition) is 6. The number of nitrogens with zero attached hydrogens (tertiary/aromatic N) is 4. The van der Waals surface area contributed by atoms with E-state index in [0.717, 1.165) is 4.47 Å². The van der Waals surface area contributed by atoms with Crippen LogP contribution in [-0.2, 0) is 5.41 Å². The number of benzene rings is 2. The second-order valence-corrected chi connectivity index (χ2v) is 9.27. The molecule has 0 aliphatic carbocycles. The van der Waals surface area contributed by atoms with Gasteiger partial charge in [0.15, 0.2) is 0 Å². The second-order valence-electron chi connectivity index (χ2n) is 8.35. The summed E-state index contributed by atoms with van der Waals surface area (Å²) in [4.78, 5) is 28.7. The molecular formula is C22H23BrN4O4. The Labute approximate surface area is 187 Å². The van der Waals surface area contributed by atoms with Crippen molar-refractivity contribution in [3.05, 3.63) is 72.7 Å². The van der Waals surface area contributed by atoms with Gasteiger partial charge in [0.05, 0.1) is 28.1 Å². The van der Waals surface area contributed by atoms with E-state index in [0.29, 0.717) is 28.0 Å². The van der Waals surface area contributed by atoms with Crippen LogP contribution in [0.25, 0.3) is 10.9 Å². The average Bonchev–Trinajstić information content (AvgIpc) is 2.67. The number of halogens is 1. The molecule has 162 valence electrons. The summed E-state index contributed by atoms with van der Waals surface area (Å²) in [6.07, 6.45) is 1.26. The fourth-order valence-corrected chi connectivity index (χ4v) is 3.33. The van der Waals surface area contributed by atoms with Gasteiger partial charge in [-0.3, -0.25) is 14.9 Å². The average molecular weight is 487 g/mol. The Morgan fingerprint density at radius 1 is 1.23 bits per heavy atom. The van der Waals surface area contributed by atoms with E-state index in [1.54, 1.807) is 12.1 Å². The molecule has 0 N–H and O–H groups in total. The molecule has 0 spiro atoms. The van der Waals surface area contributed by atoms with Crippen molar-refractivity contribution in [2.75, 3.05) is 0 Å². The normalized spacial score (nSPS) is 12.1. The second kappa shape index (κ2) is 8.58. The predicted molar refractivity (Wildman–Crippen MR) is 124 cm³/mol. The van der Waals surface area contributed by atoms with Crippen LogP contribution in [0.1, 0.15) is 46.0 Å². The van der Waals surface area contributed by atoms with Gasteiger partial charge in [-0.1, -0.05) is 36.7 Å². The number of nitro groups is 1. The summed E-state index contributed by atoms with van der Waals surface area (Å²) in [6, 6.07) is 9.57. The maximum Gasteiger partial charge on any atom is 0.282 e. The first-order valence-electron chi connectivity index (χ1n) is 9.69. The summed E-state index contributed by atoms with van der Waals surface area (Å²) < 4.78 is 7.76. The molecule has 8 nitrogen and oxygen atoms in total. The highest BCUT2D eigenvalue weighted by molar-refractivity contribution is 9.10. The maximum atomic E-state index is 13.3. The van der Waals surface area contributed by atoms with Crippen LogP contribution in [0.15, 0.2) is 50.8 Å². The van der Waals surface area contributed by atoms with Gasteiger partial charge in [-0.05, 0) is 38.1 Å². The summed E-state index contributed by atoms with van der Waals surface area (Å²) in [6.45, 7) is 9.52. The zero-order chi connectivity index (χ0) is 22.9. The molecular weight excluding hydrogens is 464 g/mol. The van der Waals surface area contributed by atoms with Gasteiger partial charge in [0.25, 0.3) is 11.2 Å². The van der Waals surface area contributed by atoms with Gasteiger partial charge in [-0.25, -0.2) is 4.98 Å². The van der Waals surface area contributed by atoms with Crippen molar-refractivity contribution >= 4 is 38.7 Å². The van der Waals surface area contributed by atoms with Gasteiger partial charge in [-0.15, -0.1) is 0 Å². The van der Waals surface area contributed by atoms with Crippen molar-refractivity contribution in [3.8, 4) is 5.75 Å². The Balaban J connectivity index is 2.23. The molecule has 3 aromatic rings. The van der Waals surface area contributed by atoms with Crippen LogP contribution in [0.4, 0.5) is 5.69 Å². The summed E-state index contributed by atoms with van der Waals surface area (Å²) >= 11 is 3.38. The monoisotopic (exact) mass is 486 g/mol. The lowest BCUT2D eigenvalue weighted by Crippen LogP contribution is -2.29. The van der Waals surface area contributed by atoms with Crippen LogP contribution in [0.3, 0.4) is 0 Å². The third-order valence-electron chi connectivity index (χ3n) is 4.36. The van der Waals surface area contributed by atoms with Crippen LogP contribution in [0.2, 0.25) is 0 Å². The SMILES string of the molecule is CC(C)Oc1ccc([N+](=O)[O-])cc1C=Nn1c(C(C)(C)C)nc2ccc(Br)cc2c1=O. The van der Waals surface area contributed by atoms with Crippen molar-refractivity contribution in [1.29, 1.82) is 0 Å². The van der Waals surface area contributed by atoms with E-state index in [2.05, 4.69) is 26.0 Å². The van der Waals surface area contributed by atoms with Crippen LogP contribution in [-0.4, -0.2) is 26.9 Å². The zero-order valence-electron chi connectivity index (χ0n) is 17.9. The number of non-ortho nitro benzene ring substituents is 1. The van der Waals surface area contributed by atoms with E-state index in [1.165, 1.54) is 29.1 Å². The molecule has 0 saturated carbocycles. The minimum absolute atomic E-state index is 0.0958. The van der Waals surface area contributed by atoms with Gasteiger partial charge in [-0.2, -0.15) is 9.78 Å². The molecule has 0 unspecified atom stereocenters. The number of ether oxygens (including phenoxy) is 1. The lowest BCUT2D eigenvalue weighted by Gasteiger charge is -2.21. The zero-order valence-corrected chi connectivity index (χ0v) is 19.5. The molecule has 1 aromatic heterocycles. The standard InChI is InChI=1S/C22H23BrN4O4/c1-13(2)31-19-9-7-16(27(29)30)10-14(19)12-24-26-20(28)17-11-15(23)6-8-18(17)25-21(26)22(3,4)5/h6-13H,1-5H3. The van der Waals surface area contributed by atoms with Crippen molar-refractivity contribution in [2.45, 2.75) is 46.1 Å². The molecule has 0 fully saturated rings. The van der Waals surface area contributed by atoms with Crippen molar-refractivity contribution < 1.29 is 9.66 Å². The van der Waals surface area contributed by atoms with Crippen molar-refractivity contribution in [3.63, 3.8) is 0 Å². The number of fused-ring (bicyclic) bond motifs is 1. The Morgan fingerprint density at radius 3 is 2.55 bits per heavy atom. The third kappa shape index (κ3) is 4.99. The minimum Gasteiger partial charge on any atom is -0.490 e. The molecule has 31 heavy (non-hydrogen) atoms. The summed E-state index contributed by atoms with van der Waals surface area (Å²) in [7, 11) is 0. The summed E-state index contributed by atoms with van der Waals surface area (Å²) in [5.74, 6) is 0.909. The molecule has 0 radical (unpaired) electrons. The lowest BCUT2D eigenvalue weighted by molar-refractivity contribution is -0.384. The van der Waals surface area contributed by atoms with Crippen LogP contribution < -0.4 is 10.3 Å². The van der Waals surface area contributed by atoms with Crippen LogP contribution >= 0.6 is 15.9 Å². The summed E-state index contributed by atoms with van der Waals surface area (Å²) in [5.41, 5.74) is 0.0658. The van der Waals surface area contributed by atoms with E-state index >= 15 is 0 Å². The van der Waals surface area contributed by atoms with E-state index in [9.17, 15) is 14.9 Å². The quantitative estimate of drug-likeness (QED) is 0.285. The van der Waals surface area contributed by atoms with E-state index in [-0.39, 0.29) is 17.4 Å². The number of nitro benzene ring substituents is 1. The van der Waals surface area contributed by atoms with E-state index in [1.807, 2.05) is 40.7 Å². The topological polar surface area (TPSA) is 99.6 Å². The molecule has 9 heteroatoms. The third-order valence-corrected chi connectivity index (χ3v) is 4.85. The Hall–Kier alpha value is -3.07. The van der Waals surface area contributed by atoms with Gasteiger partial charge < -0.3 is 4.74 Å². The van der Waals surface area contributed by atoms with E-state index < -0.39 is 10.3 Å². The number of aromatic nitrogens is 2. The fraction of sp³-hybridized carbons (Fsp3) is 0.318. The molecule has 0 bridgehead atoms. The molecule has 0 aliphatic heterocycles. The minimum atomic E-state index is -0.488. The Bertz CT molecular complexity index is 1240. The Morgan fingerprint density at radius 2 is 1.94 bits per heavy atom. The van der Waals surface area contributed by atoms with Crippen LogP contribution in [0.5, 0.6) is 5.75 Å². The highest BCUT2D eigenvalue weighted by Crippen LogP contribution is 2.25. The molecule has 3 rings (SSSR count). The lowest BCUT2D eigenvalue weighted by atomic mass is 9.95. The van der Waals surface area contributed by atoms with Crippen molar-refractivity contribution in [2.24, 2.45) is 5.10 Å². The molecule has 0 saturated heterocycles. The highest BCUT2D eigenvalue weighted by atomic mass is 79.9. The smallest absolute Gasteiger partial charge is 0.282 e. The van der Waals surface area contributed by atoms with Gasteiger partial charge in [0, 0.05) is 27.6 Å². The molecule has 1 heterocycles. The maximum absolute atomic E-state index is 13.3. The first-order valence-corrected chi connectivity index (χ1v) is 10.5. The molecule has 0 aliphatic rings. The van der Waals surface area contributed by atoms with E-state index in [4.69, 9.17) is 4.74 Å². The van der Waals surface area contributed by atoms with Crippen LogP contribution in [0, 0.1) is 10.1 Å². The van der Waals surface area contributed by atoms with Gasteiger partial charge in [0.1, 0.15) is 11.6 Å². The number of hydrogen-bond donors (Lipinski definition) is 0. The van der Waals surface area contributed by atoms with Gasteiger partial charge in [0.2, 0.25) is 0 Å². The number of rotatable bonds is 5. The predicted octanol–water partition coefficient (Wildman–Crippen LogP) is 5.03. The molecule has 0 amide bonds. The first-order chi connectivity index (χ1) is 14.5. The van der Waals surface area contributed by atoms with Gasteiger partial charge >= 0.3 is 0 Å².